The Balaban J connectivity index is 0.00000361. The highest BCUT2D eigenvalue weighted by atomic mass is 35.5. The molecule has 6 nitrogen and oxygen atoms in total. The summed E-state index contributed by atoms with van der Waals surface area (Å²) in [4.78, 5) is 11.6. The van der Waals surface area contributed by atoms with Crippen molar-refractivity contribution in [1.29, 1.82) is 0 Å². The summed E-state index contributed by atoms with van der Waals surface area (Å²) in [6.45, 7) is 0.489. The lowest BCUT2D eigenvalue weighted by Crippen LogP contribution is -2.13. The topological polar surface area (TPSA) is 82.8 Å². The van der Waals surface area contributed by atoms with Gasteiger partial charge in [-0.05, 0) is 13.0 Å². The zero-order valence-electron chi connectivity index (χ0n) is 11.9. The van der Waals surface area contributed by atoms with Crippen LogP contribution in [0.3, 0.4) is 0 Å². The predicted octanol–water partition coefficient (Wildman–Crippen LogP) is 1.81. The van der Waals surface area contributed by atoms with Gasteiger partial charge in [-0.3, -0.25) is 4.79 Å². The second kappa shape index (κ2) is 9.28. The third-order valence-corrected chi connectivity index (χ3v) is 2.56. The van der Waals surface area contributed by atoms with Gasteiger partial charge in [-0.1, -0.05) is 0 Å². The van der Waals surface area contributed by atoms with Gasteiger partial charge in [-0.2, -0.15) is 0 Å². The van der Waals surface area contributed by atoms with Crippen molar-refractivity contribution in [1.82, 2.24) is 0 Å². The summed E-state index contributed by atoms with van der Waals surface area (Å²) < 4.78 is 15.6. The number of anilines is 1. The molecule has 0 saturated carbocycles. The zero-order chi connectivity index (χ0) is 14.3. The van der Waals surface area contributed by atoms with Gasteiger partial charge < -0.3 is 25.3 Å². The Kier molecular flexibility index (Phi) is 8.51. The van der Waals surface area contributed by atoms with E-state index in [1.54, 1.807) is 12.1 Å². The lowest BCUT2D eigenvalue weighted by molar-refractivity contribution is -0.116. The third kappa shape index (κ3) is 4.79. The van der Waals surface area contributed by atoms with Gasteiger partial charge in [-0.25, -0.2) is 0 Å². The Morgan fingerprint density at radius 3 is 2.10 bits per heavy atom. The standard InChI is InChI=1S/C13H20N2O4.ClH/c1-17-10-7-9(15-12(16)5-4-6-14)8-11(18-2)13(10)19-3;/h7-8H,4-6,14H2,1-3H3,(H,15,16);1H. The number of halogens is 1. The first kappa shape index (κ1) is 18.3. The van der Waals surface area contributed by atoms with Crippen LogP contribution in [0.25, 0.3) is 0 Å². The maximum absolute atomic E-state index is 11.6. The molecule has 0 radical (unpaired) electrons. The fourth-order valence-electron chi connectivity index (χ4n) is 1.64. The van der Waals surface area contributed by atoms with Gasteiger partial charge in [0.2, 0.25) is 11.7 Å². The number of benzene rings is 1. The van der Waals surface area contributed by atoms with Crippen LogP contribution in [0.1, 0.15) is 12.8 Å². The molecule has 7 heteroatoms. The van der Waals surface area contributed by atoms with Crippen LogP contribution in [0.5, 0.6) is 17.2 Å². The van der Waals surface area contributed by atoms with Crippen molar-refractivity contribution < 1.29 is 19.0 Å². The summed E-state index contributed by atoms with van der Waals surface area (Å²) in [7, 11) is 4.58. The van der Waals surface area contributed by atoms with E-state index in [0.29, 0.717) is 42.3 Å². The minimum Gasteiger partial charge on any atom is -0.493 e. The van der Waals surface area contributed by atoms with Crippen molar-refractivity contribution in [3.8, 4) is 17.2 Å². The maximum Gasteiger partial charge on any atom is 0.224 e. The zero-order valence-corrected chi connectivity index (χ0v) is 12.7. The molecule has 0 bridgehead atoms. The molecule has 20 heavy (non-hydrogen) atoms. The molecule has 0 aliphatic heterocycles. The summed E-state index contributed by atoms with van der Waals surface area (Å²) in [5.74, 6) is 1.39. The lowest BCUT2D eigenvalue weighted by atomic mass is 10.2. The molecule has 114 valence electrons. The number of rotatable bonds is 7. The molecule has 1 amide bonds. The van der Waals surface area contributed by atoms with Gasteiger partial charge in [0.1, 0.15) is 0 Å². The number of nitrogens with two attached hydrogens (primary N) is 1. The van der Waals surface area contributed by atoms with Crippen LogP contribution in [-0.2, 0) is 4.79 Å². The minimum atomic E-state index is -0.0975. The number of nitrogens with one attached hydrogen (secondary N) is 1. The molecule has 3 N–H and O–H groups in total. The Morgan fingerprint density at radius 2 is 1.70 bits per heavy atom. The van der Waals surface area contributed by atoms with E-state index in [0.717, 1.165) is 0 Å². The summed E-state index contributed by atoms with van der Waals surface area (Å²) in [6, 6.07) is 3.36. The average Bonchev–Trinajstić information content (AvgIpc) is 2.43. The second-order valence-corrected chi connectivity index (χ2v) is 3.85. The van der Waals surface area contributed by atoms with Crippen LogP contribution in [0.15, 0.2) is 12.1 Å². The van der Waals surface area contributed by atoms with Crippen molar-refractivity contribution >= 4 is 24.0 Å². The molecular weight excluding hydrogens is 284 g/mol. The van der Waals surface area contributed by atoms with E-state index in [1.807, 2.05) is 0 Å². The minimum absolute atomic E-state index is 0. The number of carbonyl (C=O) groups excluding carboxylic acids is 1. The van der Waals surface area contributed by atoms with E-state index in [-0.39, 0.29) is 18.3 Å². The van der Waals surface area contributed by atoms with Crippen LogP contribution < -0.4 is 25.3 Å². The highest BCUT2D eigenvalue weighted by Crippen LogP contribution is 2.39. The van der Waals surface area contributed by atoms with E-state index < -0.39 is 0 Å². The van der Waals surface area contributed by atoms with Crippen molar-refractivity contribution in [2.24, 2.45) is 5.73 Å². The Bertz CT molecular complexity index is 415. The van der Waals surface area contributed by atoms with Crippen LogP contribution >= 0.6 is 12.4 Å². The van der Waals surface area contributed by atoms with E-state index in [1.165, 1.54) is 21.3 Å². The Labute approximate surface area is 125 Å². The number of ether oxygens (including phenoxy) is 3. The highest BCUT2D eigenvalue weighted by Gasteiger charge is 2.14. The fourth-order valence-corrected chi connectivity index (χ4v) is 1.64. The molecule has 0 fully saturated rings. The van der Waals surface area contributed by atoms with Crippen molar-refractivity contribution in [3.63, 3.8) is 0 Å². The first-order valence-corrected chi connectivity index (χ1v) is 5.96. The van der Waals surface area contributed by atoms with Crippen LogP contribution in [0.4, 0.5) is 5.69 Å². The summed E-state index contributed by atoms with van der Waals surface area (Å²) in [5.41, 5.74) is 5.96. The first-order chi connectivity index (χ1) is 9.15. The molecule has 0 saturated heterocycles. The second-order valence-electron chi connectivity index (χ2n) is 3.85. The Morgan fingerprint density at radius 1 is 1.15 bits per heavy atom. The van der Waals surface area contributed by atoms with E-state index >= 15 is 0 Å². The molecule has 0 unspecified atom stereocenters. The fraction of sp³-hybridized carbons (Fsp3) is 0.462. The van der Waals surface area contributed by atoms with Gasteiger partial charge in [0.25, 0.3) is 0 Å². The lowest BCUT2D eigenvalue weighted by Gasteiger charge is -2.14. The quantitative estimate of drug-likeness (QED) is 0.803. The molecular formula is C13H21ClN2O4. The largest absolute Gasteiger partial charge is 0.493 e. The molecule has 0 aliphatic rings. The molecule has 1 aromatic rings. The van der Waals surface area contributed by atoms with Gasteiger partial charge in [0, 0.05) is 24.2 Å². The summed E-state index contributed by atoms with van der Waals surface area (Å²) >= 11 is 0. The number of carbonyl (C=O) groups is 1. The molecule has 0 aromatic heterocycles. The van der Waals surface area contributed by atoms with Gasteiger partial charge in [0.05, 0.1) is 21.3 Å². The van der Waals surface area contributed by atoms with Crippen LogP contribution in [0, 0.1) is 0 Å². The molecule has 1 aromatic carbocycles. The molecule has 0 aliphatic carbocycles. The number of amides is 1. The van der Waals surface area contributed by atoms with E-state index in [4.69, 9.17) is 19.9 Å². The molecule has 0 atom stereocenters. The third-order valence-electron chi connectivity index (χ3n) is 2.56. The Hall–Kier alpha value is -1.66. The number of hydrogen-bond donors (Lipinski definition) is 2. The van der Waals surface area contributed by atoms with Crippen LogP contribution in [0.2, 0.25) is 0 Å². The average molecular weight is 305 g/mol. The van der Waals surface area contributed by atoms with E-state index in [9.17, 15) is 4.79 Å². The predicted molar refractivity (Wildman–Crippen MR) is 80.3 cm³/mol. The molecule has 1 rings (SSSR count). The van der Waals surface area contributed by atoms with Crippen molar-refractivity contribution in [2.75, 3.05) is 33.2 Å². The summed E-state index contributed by atoms with van der Waals surface area (Å²) in [6.07, 6.45) is 1.03. The number of methoxy groups -OCH3 is 3. The summed E-state index contributed by atoms with van der Waals surface area (Å²) in [5, 5.41) is 2.77. The van der Waals surface area contributed by atoms with E-state index in [2.05, 4.69) is 5.32 Å². The van der Waals surface area contributed by atoms with Gasteiger partial charge >= 0.3 is 0 Å². The number of hydrogen-bond acceptors (Lipinski definition) is 5. The first-order valence-electron chi connectivity index (χ1n) is 5.96. The van der Waals surface area contributed by atoms with Gasteiger partial charge in [-0.15, -0.1) is 12.4 Å². The van der Waals surface area contributed by atoms with Crippen LogP contribution in [-0.4, -0.2) is 33.8 Å². The van der Waals surface area contributed by atoms with Crippen molar-refractivity contribution in [2.45, 2.75) is 12.8 Å². The maximum atomic E-state index is 11.6. The van der Waals surface area contributed by atoms with Gasteiger partial charge in [0.15, 0.2) is 11.5 Å². The smallest absolute Gasteiger partial charge is 0.224 e. The normalized spacial score (nSPS) is 9.40. The monoisotopic (exact) mass is 304 g/mol. The highest BCUT2D eigenvalue weighted by molar-refractivity contribution is 5.91. The molecule has 0 spiro atoms. The van der Waals surface area contributed by atoms with Crippen molar-refractivity contribution in [3.05, 3.63) is 12.1 Å². The SMILES string of the molecule is COc1cc(NC(=O)CCCN)cc(OC)c1OC.Cl. The molecule has 0 heterocycles.